The van der Waals surface area contributed by atoms with Gasteiger partial charge in [0.25, 0.3) is 0 Å². The van der Waals surface area contributed by atoms with E-state index in [-0.39, 0.29) is 11.8 Å². The molecule has 0 saturated heterocycles. The van der Waals surface area contributed by atoms with Crippen LogP contribution >= 0.6 is 0 Å². The van der Waals surface area contributed by atoms with Crippen LogP contribution in [0, 0.1) is 5.92 Å². The summed E-state index contributed by atoms with van der Waals surface area (Å²) in [5, 5.41) is 14.4. The van der Waals surface area contributed by atoms with Crippen LogP contribution in [-0.4, -0.2) is 18.8 Å². The van der Waals surface area contributed by atoms with Crippen molar-refractivity contribution in [1.82, 2.24) is 0 Å². The Labute approximate surface area is 160 Å². The molecule has 140 valence electrons. The number of benzene rings is 2. The molecule has 1 aliphatic carbocycles. The van der Waals surface area contributed by atoms with Crippen molar-refractivity contribution in [3.05, 3.63) is 71.8 Å². The van der Waals surface area contributed by atoms with Crippen molar-refractivity contribution in [2.45, 2.75) is 25.3 Å². The summed E-state index contributed by atoms with van der Waals surface area (Å²) in [5.41, 5.74) is 4.07. The summed E-state index contributed by atoms with van der Waals surface area (Å²) in [7, 11) is 1.58. The highest BCUT2D eigenvalue weighted by molar-refractivity contribution is 5.68. The van der Waals surface area contributed by atoms with Gasteiger partial charge < -0.3 is 19.9 Å². The van der Waals surface area contributed by atoms with Gasteiger partial charge in [-0.2, -0.15) is 0 Å². The molecule has 27 heavy (non-hydrogen) atoms. The van der Waals surface area contributed by atoms with Crippen LogP contribution in [0.5, 0.6) is 17.2 Å². The van der Waals surface area contributed by atoms with Crippen molar-refractivity contribution in [1.29, 1.82) is 0 Å². The number of nitrogens with one attached hydrogen (secondary N) is 1. The van der Waals surface area contributed by atoms with Crippen molar-refractivity contribution in [3.63, 3.8) is 0 Å². The summed E-state index contributed by atoms with van der Waals surface area (Å²) in [5.74, 6) is 2.15. The summed E-state index contributed by atoms with van der Waals surface area (Å²) in [6.45, 7) is 6.36. The maximum absolute atomic E-state index is 10.7. The fourth-order valence-electron chi connectivity index (χ4n) is 4.18. The van der Waals surface area contributed by atoms with Gasteiger partial charge in [-0.25, -0.2) is 0 Å². The average Bonchev–Trinajstić information content (AvgIpc) is 3.16. The second kappa shape index (κ2) is 7.03. The van der Waals surface area contributed by atoms with Gasteiger partial charge in [0.2, 0.25) is 0 Å². The van der Waals surface area contributed by atoms with E-state index in [2.05, 4.69) is 30.1 Å². The summed E-state index contributed by atoms with van der Waals surface area (Å²) >= 11 is 0. The van der Waals surface area contributed by atoms with Crippen LogP contribution in [-0.2, 0) is 0 Å². The van der Waals surface area contributed by atoms with E-state index in [4.69, 9.17) is 9.47 Å². The van der Waals surface area contributed by atoms with E-state index >= 15 is 0 Å². The van der Waals surface area contributed by atoms with E-state index < -0.39 is 0 Å². The lowest BCUT2D eigenvalue weighted by Crippen LogP contribution is -2.29. The van der Waals surface area contributed by atoms with E-state index in [1.54, 1.807) is 13.2 Å². The number of anilines is 1. The lowest BCUT2D eigenvalue weighted by atomic mass is 9.76. The average molecular weight is 363 g/mol. The number of para-hydroxylation sites is 2. The normalized spacial score (nSPS) is 22.5. The predicted octanol–water partition coefficient (Wildman–Crippen LogP) is 5.18. The molecule has 3 unspecified atom stereocenters. The summed E-state index contributed by atoms with van der Waals surface area (Å²) in [4.78, 5) is 0. The minimum Gasteiger partial charge on any atom is -0.504 e. The SMILES string of the molecule is C=C(C)COc1cccc2c1NC(c1cccc(OC)c1O)C1CC=CC21. The third-order valence-electron chi connectivity index (χ3n) is 5.42. The van der Waals surface area contributed by atoms with Gasteiger partial charge in [0.05, 0.1) is 18.8 Å². The van der Waals surface area contributed by atoms with Gasteiger partial charge >= 0.3 is 0 Å². The van der Waals surface area contributed by atoms with E-state index in [0.717, 1.165) is 29.0 Å². The van der Waals surface area contributed by atoms with Crippen molar-refractivity contribution in [2.24, 2.45) is 5.92 Å². The minimum absolute atomic E-state index is 0.0258. The van der Waals surface area contributed by atoms with Gasteiger partial charge in [-0.05, 0) is 42.5 Å². The number of fused-ring (bicyclic) bond motifs is 3. The Kier molecular flexibility index (Phi) is 4.56. The van der Waals surface area contributed by atoms with Gasteiger partial charge in [-0.1, -0.05) is 43.0 Å². The fourth-order valence-corrected chi connectivity index (χ4v) is 4.18. The van der Waals surface area contributed by atoms with Crippen LogP contribution in [0.2, 0.25) is 0 Å². The molecule has 1 aliphatic heterocycles. The zero-order chi connectivity index (χ0) is 19.0. The van der Waals surface area contributed by atoms with Crippen LogP contribution < -0.4 is 14.8 Å². The molecule has 4 nitrogen and oxygen atoms in total. The van der Waals surface area contributed by atoms with Crippen molar-refractivity contribution in [2.75, 3.05) is 19.0 Å². The molecule has 2 N–H and O–H groups in total. The quantitative estimate of drug-likeness (QED) is 0.719. The maximum Gasteiger partial charge on any atom is 0.163 e. The summed E-state index contributed by atoms with van der Waals surface area (Å²) in [6, 6.07) is 11.8. The second-order valence-corrected chi connectivity index (χ2v) is 7.34. The third-order valence-corrected chi connectivity index (χ3v) is 5.42. The molecule has 0 bridgehead atoms. The maximum atomic E-state index is 10.7. The number of aromatic hydroxyl groups is 1. The third kappa shape index (κ3) is 3.05. The van der Waals surface area contributed by atoms with Crippen LogP contribution in [0.1, 0.15) is 36.4 Å². The smallest absolute Gasteiger partial charge is 0.163 e. The highest BCUT2D eigenvalue weighted by atomic mass is 16.5. The predicted molar refractivity (Wildman–Crippen MR) is 108 cm³/mol. The molecule has 0 spiro atoms. The second-order valence-electron chi connectivity index (χ2n) is 7.34. The first kappa shape index (κ1) is 17.5. The molecule has 0 fully saturated rings. The van der Waals surface area contributed by atoms with E-state index in [1.807, 2.05) is 31.2 Å². The fraction of sp³-hybridized carbons (Fsp3) is 0.304. The Hall–Kier alpha value is -2.88. The first-order valence-corrected chi connectivity index (χ1v) is 9.29. The van der Waals surface area contributed by atoms with Crippen molar-refractivity contribution < 1.29 is 14.6 Å². The van der Waals surface area contributed by atoms with E-state index in [1.165, 1.54) is 5.56 Å². The number of ether oxygens (including phenoxy) is 2. The number of phenolic OH excluding ortho intramolecular Hbond substituents is 1. The minimum atomic E-state index is -0.0258. The Morgan fingerprint density at radius 1 is 1.19 bits per heavy atom. The van der Waals surface area contributed by atoms with Crippen LogP contribution in [0.4, 0.5) is 5.69 Å². The molecular weight excluding hydrogens is 338 g/mol. The number of phenols is 1. The number of rotatable bonds is 5. The Bertz CT molecular complexity index is 902. The van der Waals surface area contributed by atoms with Crippen LogP contribution in [0.3, 0.4) is 0 Å². The monoisotopic (exact) mass is 363 g/mol. The Balaban J connectivity index is 1.77. The number of allylic oxidation sites excluding steroid dienone is 2. The molecule has 2 aliphatic rings. The largest absolute Gasteiger partial charge is 0.504 e. The van der Waals surface area contributed by atoms with Crippen LogP contribution in [0.15, 0.2) is 60.7 Å². The van der Waals surface area contributed by atoms with Gasteiger partial charge in [-0.15, -0.1) is 0 Å². The molecule has 0 aromatic heterocycles. The molecule has 3 atom stereocenters. The lowest BCUT2D eigenvalue weighted by molar-refractivity contribution is 0.344. The van der Waals surface area contributed by atoms with Gasteiger partial charge in [0.15, 0.2) is 11.5 Å². The molecule has 2 aromatic carbocycles. The van der Waals surface area contributed by atoms with Gasteiger partial charge in [0, 0.05) is 11.5 Å². The van der Waals surface area contributed by atoms with E-state index in [9.17, 15) is 5.11 Å². The standard InChI is InChI=1S/C23H25NO3/c1-14(2)13-27-19-11-5-9-17-15-7-4-8-16(15)21(24-22(17)19)18-10-6-12-20(26-3)23(18)25/h4-7,9-12,15-16,21,24-25H,1,8,13H2,2-3H3. The molecule has 1 heterocycles. The summed E-state index contributed by atoms with van der Waals surface area (Å²) < 4.78 is 11.3. The molecule has 0 radical (unpaired) electrons. The first-order chi connectivity index (χ1) is 13.1. The molecule has 4 rings (SSSR count). The van der Waals surface area contributed by atoms with Crippen molar-refractivity contribution >= 4 is 5.69 Å². The lowest BCUT2D eigenvalue weighted by Gasteiger charge is -2.38. The Morgan fingerprint density at radius 2 is 1.93 bits per heavy atom. The van der Waals surface area contributed by atoms with Gasteiger partial charge in [-0.3, -0.25) is 0 Å². The molecular formula is C23H25NO3. The Morgan fingerprint density at radius 3 is 2.67 bits per heavy atom. The van der Waals surface area contributed by atoms with E-state index in [0.29, 0.717) is 24.2 Å². The number of methoxy groups -OCH3 is 1. The topological polar surface area (TPSA) is 50.7 Å². The summed E-state index contributed by atoms with van der Waals surface area (Å²) in [6.07, 6.45) is 5.48. The number of hydrogen-bond acceptors (Lipinski definition) is 4. The van der Waals surface area contributed by atoms with Crippen LogP contribution in [0.25, 0.3) is 0 Å². The highest BCUT2D eigenvalue weighted by Crippen LogP contribution is 2.53. The molecule has 2 aromatic rings. The molecule has 4 heteroatoms. The molecule has 0 saturated carbocycles. The zero-order valence-electron chi connectivity index (χ0n) is 15.7. The molecule has 0 amide bonds. The number of hydrogen-bond donors (Lipinski definition) is 2. The zero-order valence-corrected chi connectivity index (χ0v) is 15.7. The van der Waals surface area contributed by atoms with Crippen molar-refractivity contribution in [3.8, 4) is 17.2 Å². The van der Waals surface area contributed by atoms with Gasteiger partial charge in [0.1, 0.15) is 12.4 Å². The first-order valence-electron chi connectivity index (χ1n) is 9.29. The highest BCUT2D eigenvalue weighted by Gasteiger charge is 2.40.